The van der Waals surface area contributed by atoms with Crippen LogP contribution in [0.15, 0.2) is 18.2 Å². The number of fused-ring (bicyclic) bond motifs is 1. The van der Waals surface area contributed by atoms with E-state index in [0.29, 0.717) is 26.2 Å². The van der Waals surface area contributed by atoms with Gasteiger partial charge in [-0.1, -0.05) is 23.2 Å². The van der Waals surface area contributed by atoms with Crippen LogP contribution < -0.4 is 11.1 Å². The first-order chi connectivity index (χ1) is 11.0. The Bertz CT molecular complexity index is 781. The highest BCUT2D eigenvalue weighted by molar-refractivity contribution is 7.17. The van der Waals surface area contributed by atoms with Crippen LogP contribution in [0.4, 0.5) is 5.00 Å². The fourth-order valence-corrected chi connectivity index (χ4v) is 4.59. The zero-order chi connectivity index (χ0) is 16.6. The van der Waals surface area contributed by atoms with E-state index >= 15 is 0 Å². The molecule has 1 aliphatic carbocycles. The van der Waals surface area contributed by atoms with Crippen molar-refractivity contribution in [3.05, 3.63) is 49.8 Å². The SMILES string of the molecule is NC(=O)c1c(NC(=O)c2cc(Cl)cc(Cl)c2)sc2c1CCCC2. The van der Waals surface area contributed by atoms with Crippen LogP contribution in [-0.2, 0) is 12.8 Å². The van der Waals surface area contributed by atoms with E-state index in [1.54, 1.807) is 6.07 Å². The van der Waals surface area contributed by atoms with E-state index < -0.39 is 5.91 Å². The second-order valence-electron chi connectivity index (χ2n) is 5.39. The lowest BCUT2D eigenvalue weighted by Gasteiger charge is -2.11. The quantitative estimate of drug-likeness (QED) is 0.847. The van der Waals surface area contributed by atoms with Crippen molar-refractivity contribution in [2.45, 2.75) is 25.7 Å². The summed E-state index contributed by atoms with van der Waals surface area (Å²) in [6.45, 7) is 0. The minimum Gasteiger partial charge on any atom is -0.365 e. The third-order valence-electron chi connectivity index (χ3n) is 3.77. The number of nitrogens with one attached hydrogen (secondary N) is 1. The van der Waals surface area contributed by atoms with Crippen molar-refractivity contribution in [3.63, 3.8) is 0 Å². The molecule has 0 fully saturated rings. The Morgan fingerprint density at radius 1 is 1.09 bits per heavy atom. The first-order valence-electron chi connectivity index (χ1n) is 7.17. The van der Waals surface area contributed by atoms with Gasteiger partial charge in [0.15, 0.2) is 0 Å². The van der Waals surface area contributed by atoms with Crippen LogP contribution in [0.2, 0.25) is 10.0 Å². The predicted octanol–water partition coefficient (Wildman–Crippen LogP) is 4.28. The molecule has 4 nitrogen and oxygen atoms in total. The van der Waals surface area contributed by atoms with Crippen LogP contribution >= 0.6 is 34.5 Å². The number of primary amides is 1. The zero-order valence-electron chi connectivity index (χ0n) is 12.1. The molecule has 0 saturated carbocycles. The van der Waals surface area contributed by atoms with Gasteiger partial charge in [0.1, 0.15) is 5.00 Å². The molecule has 0 bridgehead atoms. The van der Waals surface area contributed by atoms with Crippen LogP contribution in [0, 0.1) is 0 Å². The molecule has 7 heteroatoms. The Labute approximate surface area is 147 Å². The molecule has 120 valence electrons. The van der Waals surface area contributed by atoms with E-state index in [4.69, 9.17) is 28.9 Å². The maximum Gasteiger partial charge on any atom is 0.256 e. The number of rotatable bonds is 3. The van der Waals surface area contributed by atoms with Gasteiger partial charge in [0.2, 0.25) is 0 Å². The largest absolute Gasteiger partial charge is 0.365 e. The minimum atomic E-state index is -0.510. The molecule has 3 N–H and O–H groups in total. The van der Waals surface area contributed by atoms with Gasteiger partial charge in [-0.05, 0) is 49.4 Å². The van der Waals surface area contributed by atoms with Gasteiger partial charge in [0.25, 0.3) is 11.8 Å². The molecular formula is C16H14Cl2N2O2S. The van der Waals surface area contributed by atoms with Gasteiger partial charge in [-0.3, -0.25) is 9.59 Å². The monoisotopic (exact) mass is 368 g/mol. The van der Waals surface area contributed by atoms with Gasteiger partial charge in [0, 0.05) is 20.5 Å². The molecule has 0 radical (unpaired) electrons. The van der Waals surface area contributed by atoms with Crippen molar-refractivity contribution in [2.75, 3.05) is 5.32 Å². The van der Waals surface area contributed by atoms with Crippen LogP contribution in [0.1, 0.15) is 44.0 Å². The Morgan fingerprint density at radius 2 is 1.74 bits per heavy atom. The molecule has 2 amide bonds. The Hall–Kier alpha value is -1.56. The van der Waals surface area contributed by atoms with Gasteiger partial charge in [0.05, 0.1) is 5.56 Å². The Kier molecular flexibility index (Phi) is 4.62. The number of carbonyl (C=O) groups is 2. The molecule has 2 aromatic rings. The molecular weight excluding hydrogens is 355 g/mol. The summed E-state index contributed by atoms with van der Waals surface area (Å²) in [6.07, 6.45) is 3.85. The average molecular weight is 369 g/mol. The Morgan fingerprint density at radius 3 is 2.39 bits per heavy atom. The summed E-state index contributed by atoms with van der Waals surface area (Å²) in [5.74, 6) is -0.876. The number of thiophene rings is 1. The third-order valence-corrected chi connectivity index (χ3v) is 5.41. The molecule has 1 aromatic heterocycles. The van der Waals surface area contributed by atoms with E-state index in [0.717, 1.165) is 36.1 Å². The summed E-state index contributed by atoms with van der Waals surface area (Å²) in [5.41, 5.74) is 7.27. The Balaban J connectivity index is 1.94. The highest BCUT2D eigenvalue weighted by Gasteiger charge is 2.25. The minimum absolute atomic E-state index is 0.337. The second kappa shape index (κ2) is 6.51. The molecule has 0 saturated heterocycles. The number of carbonyl (C=O) groups excluding carboxylic acids is 2. The molecule has 23 heavy (non-hydrogen) atoms. The zero-order valence-corrected chi connectivity index (χ0v) is 14.4. The summed E-state index contributed by atoms with van der Waals surface area (Å²) in [6, 6.07) is 4.61. The predicted molar refractivity (Wildman–Crippen MR) is 93.9 cm³/mol. The van der Waals surface area contributed by atoms with Gasteiger partial charge in [-0.25, -0.2) is 0 Å². The molecule has 0 spiro atoms. The van der Waals surface area contributed by atoms with Crippen LogP contribution in [-0.4, -0.2) is 11.8 Å². The summed E-state index contributed by atoms with van der Waals surface area (Å²) in [7, 11) is 0. The van der Waals surface area contributed by atoms with Crippen LogP contribution in [0.3, 0.4) is 0 Å². The van der Waals surface area contributed by atoms with E-state index in [1.807, 2.05) is 0 Å². The fourth-order valence-electron chi connectivity index (χ4n) is 2.77. The van der Waals surface area contributed by atoms with Crippen LogP contribution in [0.25, 0.3) is 0 Å². The summed E-state index contributed by atoms with van der Waals surface area (Å²) in [4.78, 5) is 25.4. The molecule has 1 aliphatic rings. The van der Waals surface area contributed by atoms with E-state index in [1.165, 1.54) is 23.5 Å². The van der Waals surface area contributed by atoms with Crippen molar-refractivity contribution >= 4 is 51.4 Å². The highest BCUT2D eigenvalue weighted by atomic mass is 35.5. The van der Waals surface area contributed by atoms with Crippen molar-refractivity contribution in [2.24, 2.45) is 5.73 Å². The van der Waals surface area contributed by atoms with Crippen molar-refractivity contribution < 1.29 is 9.59 Å². The lowest BCUT2D eigenvalue weighted by molar-refractivity contribution is 0.100. The molecule has 3 rings (SSSR count). The van der Waals surface area contributed by atoms with E-state index in [2.05, 4.69) is 5.32 Å². The van der Waals surface area contributed by atoms with Gasteiger partial charge in [-0.15, -0.1) is 11.3 Å². The summed E-state index contributed by atoms with van der Waals surface area (Å²) >= 11 is 13.3. The van der Waals surface area contributed by atoms with E-state index in [9.17, 15) is 9.59 Å². The summed E-state index contributed by atoms with van der Waals surface area (Å²) < 4.78 is 0. The average Bonchev–Trinajstić information content (AvgIpc) is 2.84. The van der Waals surface area contributed by atoms with Gasteiger partial charge in [-0.2, -0.15) is 0 Å². The molecule has 1 heterocycles. The van der Waals surface area contributed by atoms with E-state index in [-0.39, 0.29) is 5.91 Å². The molecule has 0 unspecified atom stereocenters. The first kappa shape index (κ1) is 16.3. The molecule has 0 aliphatic heterocycles. The maximum atomic E-state index is 12.4. The van der Waals surface area contributed by atoms with Crippen LogP contribution in [0.5, 0.6) is 0 Å². The number of halogens is 2. The number of aryl methyl sites for hydroxylation is 1. The fraction of sp³-hybridized carbons (Fsp3) is 0.250. The topological polar surface area (TPSA) is 72.2 Å². The van der Waals surface area contributed by atoms with Gasteiger partial charge >= 0.3 is 0 Å². The second-order valence-corrected chi connectivity index (χ2v) is 7.37. The molecule has 1 aromatic carbocycles. The normalized spacial score (nSPS) is 13.5. The lowest BCUT2D eigenvalue weighted by atomic mass is 9.95. The number of hydrogen-bond acceptors (Lipinski definition) is 3. The first-order valence-corrected chi connectivity index (χ1v) is 8.74. The third kappa shape index (κ3) is 3.37. The smallest absolute Gasteiger partial charge is 0.256 e. The number of amides is 2. The van der Waals surface area contributed by atoms with Crippen molar-refractivity contribution in [1.29, 1.82) is 0 Å². The van der Waals surface area contributed by atoms with Crippen molar-refractivity contribution in [1.82, 2.24) is 0 Å². The number of hydrogen-bond donors (Lipinski definition) is 2. The summed E-state index contributed by atoms with van der Waals surface area (Å²) in [5, 5.41) is 4.04. The number of benzene rings is 1. The maximum absolute atomic E-state index is 12.4. The standard InChI is InChI=1S/C16H14Cl2N2O2S/c17-9-5-8(6-10(18)7-9)15(22)20-16-13(14(19)21)11-3-1-2-4-12(11)23-16/h5-7H,1-4H2,(H2,19,21)(H,20,22). The van der Waals surface area contributed by atoms with Gasteiger partial charge < -0.3 is 11.1 Å². The number of nitrogens with two attached hydrogens (primary N) is 1. The lowest BCUT2D eigenvalue weighted by Crippen LogP contribution is -2.18. The molecule has 0 atom stereocenters. The highest BCUT2D eigenvalue weighted by Crippen LogP contribution is 2.38. The van der Waals surface area contributed by atoms with Crippen molar-refractivity contribution in [3.8, 4) is 0 Å². The number of anilines is 1.